The Kier molecular flexibility index (Phi) is 3.99. The van der Waals surface area contributed by atoms with E-state index in [1.807, 2.05) is 6.92 Å². The Bertz CT molecular complexity index is 416. The summed E-state index contributed by atoms with van der Waals surface area (Å²) in [5.74, 6) is 0.205. The fourth-order valence-corrected chi connectivity index (χ4v) is 2.17. The minimum atomic E-state index is -0.431. The van der Waals surface area contributed by atoms with Gasteiger partial charge in [0.15, 0.2) is 0 Å². The van der Waals surface area contributed by atoms with E-state index in [0.717, 1.165) is 12.0 Å². The molecule has 1 heterocycles. The molecule has 18 heavy (non-hydrogen) atoms. The quantitative estimate of drug-likeness (QED) is 0.822. The van der Waals surface area contributed by atoms with Crippen LogP contribution >= 0.6 is 0 Å². The number of aliphatic hydroxyl groups excluding tert-OH is 2. The Hall–Kier alpha value is -1.39. The van der Waals surface area contributed by atoms with Crippen LogP contribution in [0, 0.1) is 5.92 Å². The second kappa shape index (κ2) is 5.50. The minimum absolute atomic E-state index is 0.0194. The lowest BCUT2D eigenvalue weighted by molar-refractivity contribution is 0.0248. The van der Waals surface area contributed by atoms with Crippen molar-refractivity contribution in [1.29, 1.82) is 0 Å². The average molecular weight is 249 g/mol. The van der Waals surface area contributed by atoms with Crippen LogP contribution in [0.3, 0.4) is 0 Å². The molecule has 0 spiro atoms. The van der Waals surface area contributed by atoms with E-state index in [-0.39, 0.29) is 18.4 Å². The highest BCUT2D eigenvalue weighted by Crippen LogP contribution is 2.19. The summed E-state index contributed by atoms with van der Waals surface area (Å²) in [7, 11) is 0. The van der Waals surface area contributed by atoms with Crippen LogP contribution in [-0.2, 0) is 6.61 Å². The molecule has 2 rings (SSSR count). The van der Waals surface area contributed by atoms with Crippen LogP contribution in [0.2, 0.25) is 0 Å². The van der Waals surface area contributed by atoms with Crippen molar-refractivity contribution < 1.29 is 15.0 Å². The first-order chi connectivity index (χ1) is 8.61. The van der Waals surface area contributed by atoms with Crippen LogP contribution in [0.5, 0.6) is 0 Å². The van der Waals surface area contributed by atoms with E-state index in [9.17, 15) is 9.90 Å². The molecule has 1 amide bonds. The largest absolute Gasteiger partial charge is 0.392 e. The molecule has 2 unspecified atom stereocenters. The molecule has 1 aromatic rings. The summed E-state index contributed by atoms with van der Waals surface area (Å²) in [4.78, 5) is 13.9. The van der Waals surface area contributed by atoms with Gasteiger partial charge in [-0.1, -0.05) is 19.1 Å². The van der Waals surface area contributed by atoms with Gasteiger partial charge in [0, 0.05) is 18.7 Å². The Balaban J connectivity index is 2.06. The van der Waals surface area contributed by atoms with Gasteiger partial charge in [0.1, 0.15) is 0 Å². The van der Waals surface area contributed by atoms with Crippen molar-refractivity contribution in [3.63, 3.8) is 0 Å². The first-order valence-electron chi connectivity index (χ1n) is 6.29. The Morgan fingerprint density at radius 2 is 2.06 bits per heavy atom. The van der Waals surface area contributed by atoms with Gasteiger partial charge in [-0.3, -0.25) is 4.79 Å². The number of benzene rings is 1. The molecule has 0 aromatic heterocycles. The average Bonchev–Trinajstić information content (AvgIpc) is 2.41. The second-order valence-corrected chi connectivity index (χ2v) is 4.94. The van der Waals surface area contributed by atoms with E-state index in [4.69, 9.17) is 5.11 Å². The highest BCUT2D eigenvalue weighted by molar-refractivity contribution is 5.94. The van der Waals surface area contributed by atoms with Crippen LogP contribution in [0.15, 0.2) is 24.3 Å². The van der Waals surface area contributed by atoms with Gasteiger partial charge in [0.2, 0.25) is 0 Å². The third kappa shape index (κ3) is 2.71. The normalized spacial score (nSPS) is 24.1. The first-order valence-corrected chi connectivity index (χ1v) is 6.29. The van der Waals surface area contributed by atoms with Crippen LogP contribution in [0.4, 0.5) is 0 Å². The predicted molar refractivity (Wildman–Crippen MR) is 68.1 cm³/mol. The lowest BCUT2D eigenvalue weighted by Crippen LogP contribution is -2.45. The van der Waals surface area contributed by atoms with Crippen molar-refractivity contribution in [3.8, 4) is 0 Å². The number of rotatable bonds is 2. The molecule has 1 aromatic carbocycles. The molecule has 1 saturated heterocycles. The number of aliphatic hydroxyl groups is 2. The summed E-state index contributed by atoms with van der Waals surface area (Å²) < 4.78 is 0. The maximum Gasteiger partial charge on any atom is 0.253 e. The number of hydrogen-bond acceptors (Lipinski definition) is 3. The molecule has 0 bridgehead atoms. The van der Waals surface area contributed by atoms with Gasteiger partial charge in [-0.05, 0) is 30.0 Å². The molecule has 1 aliphatic heterocycles. The highest BCUT2D eigenvalue weighted by atomic mass is 16.3. The molecule has 2 N–H and O–H groups in total. The molecule has 0 radical (unpaired) electrons. The van der Waals surface area contributed by atoms with Crippen LogP contribution < -0.4 is 0 Å². The number of amides is 1. The highest BCUT2D eigenvalue weighted by Gasteiger charge is 2.27. The van der Waals surface area contributed by atoms with Gasteiger partial charge in [0.25, 0.3) is 5.91 Å². The first kappa shape index (κ1) is 13.1. The number of β-amino-alcohol motifs (C(OH)–C–C–N with tert-alkyl or cyclic N) is 1. The smallest absolute Gasteiger partial charge is 0.253 e. The molecule has 0 saturated carbocycles. The van der Waals surface area contributed by atoms with E-state index in [2.05, 4.69) is 0 Å². The molecule has 4 heteroatoms. The van der Waals surface area contributed by atoms with E-state index >= 15 is 0 Å². The Morgan fingerprint density at radius 1 is 1.39 bits per heavy atom. The van der Waals surface area contributed by atoms with Crippen LogP contribution in [0.25, 0.3) is 0 Å². The zero-order valence-electron chi connectivity index (χ0n) is 10.5. The summed E-state index contributed by atoms with van der Waals surface area (Å²) in [6.45, 7) is 3.08. The van der Waals surface area contributed by atoms with E-state index in [1.54, 1.807) is 29.2 Å². The van der Waals surface area contributed by atoms with Crippen molar-refractivity contribution in [2.24, 2.45) is 5.92 Å². The summed E-state index contributed by atoms with van der Waals surface area (Å²) in [5, 5.41) is 18.8. The standard InChI is InChI=1S/C14H19NO3/c1-10-6-7-15(8-13(10)17)14(18)12-4-2-11(9-16)3-5-12/h2-5,10,13,16-17H,6-9H2,1H3. The second-order valence-electron chi connectivity index (χ2n) is 4.94. The molecule has 0 aliphatic carbocycles. The van der Waals surface area contributed by atoms with Gasteiger partial charge >= 0.3 is 0 Å². The fourth-order valence-electron chi connectivity index (χ4n) is 2.17. The third-order valence-electron chi connectivity index (χ3n) is 3.59. The van der Waals surface area contributed by atoms with Crippen molar-refractivity contribution in [3.05, 3.63) is 35.4 Å². The summed E-state index contributed by atoms with van der Waals surface area (Å²) in [6.07, 6.45) is 0.404. The summed E-state index contributed by atoms with van der Waals surface area (Å²) >= 11 is 0. The molecule has 1 fully saturated rings. The topological polar surface area (TPSA) is 60.8 Å². The van der Waals surface area contributed by atoms with Gasteiger partial charge in [-0.2, -0.15) is 0 Å². The van der Waals surface area contributed by atoms with Gasteiger partial charge in [-0.25, -0.2) is 0 Å². The Morgan fingerprint density at radius 3 is 2.61 bits per heavy atom. The lowest BCUT2D eigenvalue weighted by atomic mass is 9.95. The number of carbonyl (C=O) groups excluding carboxylic acids is 1. The van der Waals surface area contributed by atoms with Gasteiger partial charge in [0.05, 0.1) is 12.7 Å². The molecular formula is C14H19NO3. The molecule has 2 atom stereocenters. The molecular weight excluding hydrogens is 230 g/mol. The predicted octanol–water partition coefficient (Wildman–Crippen LogP) is 1.02. The summed E-state index contributed by atoms with van der Waals surface area (Å²) in [6, 6.07) is 6.93. The van der Waals surface area contributed by atoms with Crippen LogP contribution in [-0.4, -0.2) is 40.2 Å². The van der Waals surface area contributed by atoms with E-state index in [0.29, 0.717) is 18.7 Å². The van der Waals surface area contributed by atoms with Crippen molar-refractivity contribution in [2.75, 3.05) is 13.1 Å². The maximum atomic E-state index is 12.2. The molecule has 4 nitrogen and oxygen atoms in total. The number of nitrogens with zero attached hydrogens (tertiary/aromatic N) is 1. The number of piperidine rings is 1. The summed E-state index contributed by atoms with van der Waals surface area (Å²) in [5.41, 5.74) is 1.40. The SMILES string of the molecule is CC1CCN(C(=O)c2ccc(CO)cc2)CC1O. The fraction of sp³-hybridized carbons (Fsp3) is 0.500. The monoisotopic (exact) mass is 249 g/mol. The van der Waals surface area contributed by atoms with Crippen molar-refractivity contribution in [1.82, 2.24) is 4.90 Å². The third-order valence-corrected chi connectivity index (χ3v) is 3.59. The van der Waals surface area contributed by atoms with Crippen LogP contribution in [0.1, 0.15) is 29.3 Å². The number of carbonyl (C=O) groups is 1. The van der Waals surface area contributed by atoms with Gasteiger partial charge < -0.3 is 15.1 Å². The van der Waals surface area contributed by atoms with E-state index < -0.39 is 6.10 Å². The lowest BCUT2D eigenvalue weighted by Gasteiger charge is -2.34. The minimum Gasteiger partial charge on any atom is -0.392 e. The van der Waals surface area contributed by atoms with Crippen molar-refractivity contribution >= 4 is 5.91 Å². The zero-order valence-corrected chi connectivity index (χ0v) is 10.5. The molecule has 1 aliphatic rings. The van der Waals surface area contributed by atoms with Gasteiger partial charge in [-0.15, -0.1) is 0 Å². The number of hydrogen-bond donors (Lipinski definition) is 2. The molecule has 98 valence electrons. The van der Waals surface area contributed by atoms with E-state index in [1.165, 1.54) is 0 Å². The Labute approximate surface area is 107 Å². The van der Waals surface area contributed by atoms with Crippen molar-refractivity contribution in [2.45, 2.75) is 26.1 Å². The number of likely N-dealkylation sites (tertiary alicyclic amines) is 1. The maximum absolute atomic E-state index is 12.2. The zero-order chi connectivity index (χ0) is 13.1.